The van der Waals surface area contributed by atoms with Crippen molar-refractivity contribution in [3.63, 3.8) is 0 Å². The molecule has 0 aliphatic heterocycles. The van der Waals surface area contributed by atoms with Crippen LogP contribution in [0.4, 0.5) is 0 Å². The molecule has 0 saturated carbocycles. The van der Waals surface area contributed by atoms with Gasteiger partial charge in [0.05, 0.1) is 0 Å². The van der Waals surface area contributed by atoms with Gasteiger partial charge in [-0.3, -0.25) is 4.79 Å². The molecule has 2 aliphatic rings. The van der Waals surface area contributed by atoms with Crippen LogP contribution in [0.25, 0.3) is 0 Å². The first kappa shape index (κ1) is 14.6. The summed E-state index contributed by atoms with van der Waals surface area (Å²) in [6.07, 6.45) is 7.73. The van der Waals surface area contributed by atoms with E-state index < -0.39 is 0 Å². The molecule has 3 heteroatoms. The number of benzene rings is 1. The molecule has 0 radical (unpaired) electrons. The Kier molecular flexibility index (Phi) is 4.29. The van der Waals surface area contributed by atoms with Crippen molar-refractivity contribution in [2.24, 2.45) is 0 Å². The number of halogens is 1. The maximum atomic E-state index is 11.3. The first-order chi connectivity index (χ1) is 10.1. The molecule has 0 fully saturated rings. The maximum absolute atomic E-state index is 11.3. The molecule has 0 amide bonds. The second kappa shape index (κ2) is 6.18. The van der Waals surface area contributed by atoms with Gasteiger partial charge in [0.1, 0.15) is 5.76 Å². The van der Waals surface area contributed by atoms with E-state index in [4.69, 9.17) is 4.74 Å². The van der Waals surface area contributed by atoms with Crippen molar-refractivity contribution in [2.45, 2.75) is 44.9 Å². The van der Waals surface area contributed by atoms with Gasteiger partial charge in [-0.1, -0.05) is 45.3 Å². The monoisotopic (exact) mass is 346 g/mol. The molecule has 2 nitrogen and oxygen atoms in total. The lowest BCUT2D eigenvalue weighted by Crippen LogP contribution is -2.15. The van der Waals surface area contributed by atoms with Crippen LogP contribution in [0.5, 0.6) is 0 Å². The summed E-state index contributed by atoms with van der Waals surface area (Å²) in [5.74, 6) is 0.815. The fourth-order valence-electron chi connectivity index (χ4n) is 3.38. The van der Waals surface area contributed by atoms with Gasteiger partial charge < -0.3 is 4.74 Å². The first-order valence-electron chi connectivity index (χ1n) is 7.49. The Morgan fingerprint density at radius 1 is 1.24 bits per heavy atom. The number of carbonyl (C=O) groups excluding carboxylic acids is 1. The van der Waals surface area contributed by atoms with Crippen LogP contribution in [0.15, 0.2) is 51.7 Å². The summed E-state index contributed by atoms with van der Waals surface area (Å²) in [6, 6.07) is 8.33. The minimum atomic E-state index is -0.230. The van der Waals surface area contributed by atoms with Crippen LogP contribution in [-0.2, 0) is 9.53 Å². The lowest BCUT2D eigenvalue weighted by molar-refractivity contribution is -0.137. The van der Waals surface area contributed by atoms with Crippen molar-refractivity contribution < 1.29 is 9.53 Å². The predicted molar refractivity (Wildman–Crippen MR) is 86.8 cm³/mol. The molecule has 0 N–H and O–H groups in total. The van der Waals surface area contributed by atoms with Gasteiger partial charge in [0, 0.05) is 23.7 Å². The van der Waals surface area contributed by atoms with E-state index >= 15 is 0 Å². The number of hydrogen-bond donors (Lipinski definition) is 0. The zero-order valence-corrected chi connectivity index (χ0v) is 13.8. The van der Waals surface area contributed by atoms with Crippen molar-refractivity contribution in [1.82, 2.24) is 0 Å². The molecule has 110 valence electrons. The fraction of sp³-hybridized carbons (Fsp3) is 0.389. The average Bonchev–Trinajstić information content (AvgIpc) is 2.46. The minimum absolute atomic E-state index is 0.230. The molecule has 21 heavy (non-hydrogen) atoms. The Balaban J connectivity index is 2.02. The van der Waals surface area contributed by atoms with Crippen LogP contribution < -0.4 is 0 Å². The Morgan fingerprint density at radius 2 is 2.00 bits per heavy atom. The Hall–Kier alpha value is -1.35. The van der Waals surface area contributed by atoms with E-state index in [0.29, 0.717) is 0 Å². The predicted octanol–water partition coefficient (Wildman–Crippen LogP) is 5.25. The summed E-state index contributed by atoms with van der Waals surface area (Å²) < 4.78 is 6.52. The molecule has 0 aromatic heterocycles. The van der Waals surface area contributed by atoms with Gasteiger partial charge in [0.15, 0.2) is 0 Å². The number of ether oxygens (including phenoxy) is 1. The van der Waals surface area contributed by atoms with E-state index in [-0.39, 0.29) is 11.9 Å². The van der Waals surface area contributed by atoms with Crippen molar-refractivity contribution in [2.75, 3.05) is 0 Å². The molecular formula is C18H19BrO2. The van der Waals surface area contributed by atoms with E-state index in [2.05, 4.69) is 40.2 Å². The number of carbonyl (C=O) groups is 1. The summed E-state index contributed by atoms with van der Waals surface area (Å²) >= 11 is 3.66. The largest absolute Gasteiger partial charge is 0.431 e. The molecular weight excluding hydrogens is 328 g/mol. The lowest BCUT2D eigenvalue weighted by atomic mass is 9.76. The molecule has 2 aliphatic carbocycles. The average molecular weight is 347 g/mol. The van der Waals surface area contributed by atoms with Gasteiger partial charge in [0.25, 0.3) is 0 Å². The van der Waals surface area contributed by atoms with Crippen molar-refractivity contribution in [3.8, 4) is 0 Å². The Morgan fingerprint density at radius 3 is 2.76 bits per heavy atom. The topological polar surface area (TPSA) is 26.3 Å². The lowest BCUT2D eigenvalue weighted by Gasteiger charge is -2.31. The molecule has 1 atom stereocenters. The smallest absolute Gasteiger partial charge is 0.307 e. The van der Waals surface area contributed by atoms with E-state index in [1.54, 1.807) is 0 Å². The highest BCUT2D eigenvalue weighted by Gasteiger charge is 2.28. The number of esters is 1. The van der Waals surface area contributed by atoms with Gasteiger partial charge in [-0.05, 0) is 43.4 Å². The van der Waals surface area contributed by atoms with E-state index in [1.165, 1.54) is 36.5 Å². The first-order valence-corrected chi connectivity index (χ1v) is 8.29. The standard InChI is InChI=1S/C18H19BrO2/c1-12(20)21-14-10-13-6-2-3-7-15(13)17(11-14)16-8-4-5-9-18(16)19/h4-5,8-9,11,17H,2-3,6-7,10H2,1H3. The van der Waals surface area contributed by atoms with Crippen LogP contribution in [0, 0.1) is 0 Å². The van der Waals surface area contributed by atoms with Crippen LogP contribution in [0.2, 0.25) is 0 Å². The quantitative estimate of drug-likeness (QED) is 0.539. The Labute approximate surface area is 134 Å². The fourth-order valence-corrected chi connectivity index (χ4v) is 3.92. The molecule has 1 unspecified atom stereocenters. The molecule has 3 rings (SSSR count). The summed E-state index contributed by atoms with van der Waals surface area (Å²) in [5, 5.41) is 0. The third kappa shape index (κ3) is 3.13. The van der Waals surface area contributed by atoms with Crippen LogP contribution in [0.3, 0.4) is 0 Å². The zero-order chi connectivity index (χ0) is 14.8. The summed E-state index contributed by atoms with van der Waals surface area (Å²) in [6.45, 7) is 1.47. The van der Waals surface area contributed by atoms with Crippen molar-refractivity contribution in [1.29, 1.82) is 0 Å². The molecule has 1 aromatic carbocycles. The van der Waals surface area contributed by atoms with Gasteiger partial charge in [-0.15, -0.1) is 0 Å². The summed E-state index contributed by atoms with van der Waals surface area (Å²) in [5.41, 5.74) is 4.26. The molecule has 0 heterocycles. The molecule has 0 spiro atoms. The second-order valence-electron chi connectivity index (χ2n) is 5.74. The third-order valence-corrected chi connectivity index (χ3v) is 4.98. The SMILES string of the molecule is CC(=O)OC1=CC(c2ccccc2Br)C2=C(CCCC2)C1. The van der Waals surface area contributed by atoms with E-state index in [1.807, 2.05) is 6.07 Å². The van der Waals surface area contributed by atoms with Gasteiger partial charge >= 0.3 is 5.97 Å². The van der Waals surface area contributed by atoms with E-state index in [0.717, 1.165) is 29.5 Å². The van der Waals surface area contributed by atoms with Gasteiger partial charge in [-0.2, -0.15) is 0 Å². The molecule has 0 bridgehead atoms. The highest BCUT2D eigenvalue weighted by molar-refractivity contribution is 9.10. The zero-order valence-electron chi connectivity index (χ0n) is 12.2. The summed E-state index contributed by atoms with van der Waals surface area (Å²) in [7, 11) is 0. The van der Waals surface area contributed by atoms with Gasteiger partial charge in [0.2, 0.25) is 0 Å². The number of hydrogen-bond acceptors (Lipinski definition) is 2. The van der Waals surface area contributed by atoms with Crippen LogP contribution >= 0.6 is 15.9 Å². The minimum Gasteiger partial charge on any atom is -0.431 e. The van der Waals surface area contributed by atoms with Crippen LogP contribution in [0.1, 0.15) is 50.5 Å². The summed E-state index contributed by atoms with van der Waals surface area (Å²) in [4.78, 5) is 11.3. The molecule has 0 saturated heterocycles. The molecule has 1 aromatic rings. The number of allylic oxidation sites excluding steroid dienone is 3. The third-order valence-electron chi connectivity index (χ3n) is 4.26. The second-order valence-corrected chi connectivity index (χ2v) is 6.59. The van der Waals surface area contributed by atoms with Crippen LogP contribution in [-0.4, -0.2) is 5.97 Å². The highest BCUT2D eigenvalue weighted by atomic mass is 79.9. The highest BCUT2D eigenvalue weighted by Crippen LogP contribution is 2.44. The number of rotatable bonds is 2. The van der Waals surface area contributed by atoms with E-state index in [9.17, 15) is 4.79 Å². The van der Waals surface area contributed by atoms with Gasteiger partial charge in [-0.25, -0.2) is 0 Å². The van der Waals surface area contributed by atoms with Crippen molar-refractivity contribution >= 4 is 21.9 Å². The van der Waals surface area contributed by atoms with Crippen molar-refractivity contribution in [3.05, 3.63) is 57.3 Å². The Bertz CT molecular complexity index is 628. The normalized spacial score (nSPS) is 21.6. The maximum Gasteiger partial charge on any atom is 0.307 e.